The molecule has 1 amide bonds. The fourth-order valence-electron chi connectivity index (χ4n) is 3.47. The van der Waals surface area contributed by atoms with E-state index < -0.39 is 11.7 Å². The number of hydrogen-bond donors (Lipinski definition) is 3. The van der Waals surface area contributed by atoms with Crippen molar-refractivity contribution in [3.05, 3.63) is 71.8 Å². The number of nitrogens with one attached hydrogen (secondary N) is 1. The van der Waals surface area contributed by atoms with Gasteiger partial charge in [-0.05, 0) is 24.0 Å². The van der Waals surface area contributed by atoms with Crippen molar-refractivity contribution >= 4 is 5.91 Å². The minimum atomic E-state index is -1.20. The largest absolute Gasteiger partial charge is 0.388 e. The van der Waals surface area contributed by atoms with Crippen molar-refractivity contribution in [3.8, 4) is 0 Å². The van der Waals surface area contributed by atoms with Gasteiger partial charge in [-0.25, -0.2) is 0 Å². The fraction of sp³-hybridized carbons (Fsp3) is 0.409. The Morgan fingerprint density at radius 2 is 1.70 bits per heavy atom. The third kappa shape index (κ3) is 5.39. The van der Waals surface area contributed by atoms with Crippen LogP contribution in [0.15, 0.2) is 60.7 Å². The zero-order valence-corrected chi connectivity index (χ0v) is 15.6. The topological polar surface area (TPSA) is 72.8 Å². The van der Waals surface area contributed by atoms with Gasteiger partial charge in [-0.15, -0.1) is 0 Å². The van der Waals surface area contributed by atoms with Gasteiger partial charge in [-0.3, -0.25) is 4.79 Å². The molecule has 3 rings (SSSR count). The molecule has 0 saturated carbocycles. The second kappa shape index (κ2) is 9.13. The molecule has 0 aromatic heterocycles. The van der Waals surface area contributed by atoms with Crippen LogP contribution < -0.4 is 5.32 Å². The SMILES string of the molecule is O=C(CCc1ccccc1)N1CC[C@](O)(CNCc2ccccc2)[C@@H](O)C1. The first-order chi connectivity index (χ1) is 13.1. The lowest BCUT2D eigenvalue weighted by molar-refractivity contribution is -0.148. The van der Waals surface area contributed by atoms with E-state index in [1.807, 2.05) is 60.7 Å². The van der Waals surface area contributed by atoms with Crippen LogP contribution >= 0.6 is 0 Å². The minimum Gasteiger partial charge on any atom is -0.388 e. The van der Waals surface area contributed by atoms with Gasteiger partial charge in [-0.1, -0.05) is 60.7 Å². The van der Waals surface area contributed by atoms with Crippen LogP contribution in [0.4, 0.5) is 0 Å². The number of amides is 1. The molecular formula is C22H28N2O3. The predicted molar refractivity (Wildman–Crippen MR) is 105 cm³/mol. The number of piperidine rings is 1. The number of carbonyl (C=O) groups excluding carboxylic acids is 1. The molecule has 2 atom stereocenters. The van der Waals surface area contributed by atoms with Crippen LogP contribution in [-0.2, 0) is 17.8 Å². The highest BCUT2D eigenvalue weighted by molar-refractivity contribution is 5.76. The average Bonchev–Trinajstić information content (AvgIpc) is 2.70. The van der Waals surface area contributed by atoms with Crippen LogP contribution in [0.3, 0.4) is 0 Å². The van der Waals surface area contributed by atoms with Crippen molar-refractivity contribution in [1.82, 2.24) is 10.2 Å². The second-order valence-electron chi connectivity index (χ2n) is 7.28. The highest BCUT2D eigenvalue weighted by atomic mass is 16.3. The number of β-amino-alcohol motifs (C(OH)–C–C–N with tert-alkyl or cyclic N) is 1. The predicted octanol–water partition coefficient (Wildman–Crippen LogP) is 1.73. The third-order valence-corrected chi connectivity index (χ3v) is 5.25. The number of aliphatic hydroxyl groups is 2. The van der Waals surface area contributed by atoms with Gasteiger partial charge in [0.05, 0.1) is 0 Å². The average molecular weight is 368 g/mol. The van der Waals surface area contributed by atoms with Crippen LogP contribution in [0.25, 0.3) is 0 Å². The van der Waals surface area contributed by atoms with Crippen LogP contribution in [0.2, 0.25) is 0 Å². The van der Waals surface area contributed by atoms with E-state index in [2.05, 4.69) is 5.32 Å². The zero-order chi connectivity index (χ0) is 19.1. The summed E-state index contributed by atoms with van der Waals surface area (Å²) in [4.78, 5) is 14.1. The normalized spacial score (nSPS) is 22.6. The molecule has 0 aliphatic carbocycles. The van der Waals surface area contributed by atoms with Crippen LogP contribution in [0, 0.1) is 0 Å². The molecule has 5 heteroatoms. The van der Waals surface area contributed by atoms with Gasteiger partial charge in [0.2, 0.25) is 5.91 Å². The molecule has 0 spiro atoms. The van der Waals surface area contributed by atoms with Crippen molar-refractivity contribution in [2.45, 2.75) is 37.5 Å². The number of benzene rings is 2. The molecule has 5 nitrogen and oxygen atoms in total. The fourth-order valence-corrected chi connectivity index (χ4v) is 3.47. The molecule has 1 saturated heterocycles. The molecule has 3 N–H and O–H groups in total. The number of carbonyl (C=O) groups is 1. The van der Waals surface area contributed by atoms with Crippen molar-refractivity contribution in [3.63, 3.8) is 0 Å². The Labute approximate surface area is 160 Å². The number of nitrogens with zero attached hydrogens (tertiary/aromatic N) is 1. The van der Waals surface area contributed by atoms with Crippen molar-refractivity contribution in [1.29, 1.82) is 0 Å². The van der Waals surface area contributed by atoms with E-state index in [1.54, 1.807) is 4.90 Å². The molecule has 1 fully saturated rings. The molecule has 2 aromatic carbocycles. The summed E-state index contributed by atoms with van der Waals surface area (Å²) in [6.07, 6.45) is 0.527. The monoisotopic (exact) mass is 368 g/mol. The van der Waals surface area contributed by atoms with E-state index in [-0.39, 0.29) is 12.5 Å². The Bertz CT molecular complexity index is 723. The zero-order valence-electron chi connectivity index (χ0n) is 15.6. The lowest BCUT2D eigenvalue weighted by Crippen LogP contribution is -2.60. The standard InChI is InChI=1S/C22H28N2O3/c25-20-16-24(21(26)12-11-18-7-3-1-4-8-18)14-13-22(20,27)17-23-15-19-9-5-2-6-10-19/h1-10,20,23,25,27H,11-17H2/t20-,22-/m0/s1. The third-order valence-electron chi connectivity index (χ3n) is 5.25. The molecule has 0 radical (unpaired) electrons. The molecular weight excluding hydrogens is 340 g/mol. The second-order valence-corrected chi connectivity index (χ2v) is 7.28. The van der Waals surface area contributed by atoms with Crippen LogP contribution in [0.5, 0.6) is 0 Å². The first-order valence-electron chi connectivity index (χ1n) is 9.54. The molecule has 144 valence electrons. The molecule has 0 unspecified atom stereocenters. The number of rotatable bonds is 7. The van der Waals surface area contributed by atoms with E-state index in [0.717, 1.165) is 11.1 Å². The maximum Gasteiger partial charge on any atom is 0.222 e. The van der Waals surface area contributed by atoms with E-state index in [0.29, 0.717) is 38.9 Å². The molecule has 0 bridgehead atoms. The molecule has 1 aliphatic heterocycles. The number of likely N-dealkylation sites (tertiary alicyclic amines) is 1. The molecule has 2 aromatic rings. The first-order valence-corrected chi connectivity index (χ1v) is 9.54. The summed E-state index contributed by atoms with van der Waals surface area (Å²) in [7, 11) is 0. The van der Waals surface area contributed by atoms with Gasteiger partial charge < -0.3 is 20.4 Å². The van der Waals surface area contributed by atoms with Crippen LogP contribution in [-0.4, -0.2) is 52.4 Å². The summed E-state index contributed by atoms with van der Waals surface area (Å²) >= 11 is 0. The Morgan fingerprint density at radius 1 is 1.07 bits per heavy atom. The van der Waals surface area contributed by atoms with Gasteiger partial charge in [0, 0.05) is 32.6 Å². The van der Waals surface area contributed by atoms with Crippen molar-refractivity contribution in [2.24, 2.45) is 0 Å². The summed E-state index contributed by atoms with van der Waals surface area (Å²) in [5.41, 5.74) is 1.06. The summed E-state index contributed by atoms with van der Waals surface area (Å²) in [5, 5.41) is 24.4. The number of aliphatic hydroxyl groups excluding tert-OH is 1. The Kier molecular flexibility index (Phi) is 6.61. The van der Waals surface area contributed by atoms with Gasteiger partial charge in [-0.2, -0.15) is 0 Å². The number of hydrogen-bond acceptors (Lipinski definition) is 4. The lowest BCUT2D eigenvalue weighted by Gasteiger charge is -2.42. The summed E-state index contributed by atoms with van der Waals surface area (Å²) in [6, 6.07) is 19.8. The van der Waals surface area contributed by atoms with E-state index in [4.69, 9.17) is 0 Å². The maximum absolute atomic E-state index is 12.4. The first kappa shape index (κ1) is 19.5. The number of aryl methyl sites for hydroxylation is 1. The molecule has 1 heterocycles. The van der Waals surface area contributed by atoms with Crippen molar-refractivity contribution < 1.29 is 15.0 Å². The summed E-state index contributed by atoms with van der Waals surface area (Å²) < 4.78 is 0. The van der Waals surface area contributed by atoms with Crippen molar-refractivity contribution in [2.75, 3.05) is 19.6 Å². The van der Waals surface area contributed by atoms with Gasteiger partial charge >= 0.3 is 0 Å². The maximum atomic E-state index is 12.4. The van der Waals surface area contributed by atoms with Crippen LogP contribution in [0.1, 0.15) is 24.0 Å². The summed E-state index contributed by atoms with van der Waals surface area (Å²) in [6.45, 7) is 1.58. The minimum absolute atomic E-state index is 0.0252. The smallest absolute Gasteiger partial charge is 0.222 e. The van der Waals surface area contributed by atoms with Gasteiger partial charge in [0.1, 0.15) is 11.7 Å². The highest BCUT2D eigenvalue weighted by Gasteiger charge is 2.41. The molecule has 1 aliphatic rings. The van der Waals surface area contributed by atoms with E-state index in [1.165, 1.54) is 0 Å². The Hall–Kier alpha value is -2.21. The van der Waals surface area contributed by atoms with E-state index in [9.17, 15) is 15.0 Å². The summed E-state index contributed by atoms with van der Waals surface area (Å²) in [5.74, 6) is 0.0252. The Morgan fingerprint density at radius 3 is 2.33 bits per heavy atom. The quantitative estimate of drug-likeness (QED) is 0.696. The lowest BCUT2D eigenvalue weighted by atomic mass is 9.88. The van der Waals surface area contributed by atoms with Gasteiger partial charge in [0.25, 0.3) is 0 Å². The van der Waals surface area contributed by atoms with E-state index >= 15 is 0 Å². The highest BCUT2D eigenvalue weighted by Crippen LogP contribution is 2.23. The molecule has 27 heavy (non-hydrogen) atoms. The van der Waals surface area contributed by atoms with Gasteiger partial charge in [0.15, 0.2) is 0 Å². The Balaban J connectivity index is 1.45.